The lowest BCUT2D eigenvalue weighted by Gasteiger charge is -2.51. The maximum absolute atomic E-state index is 3.93. The van der Waals surface area contributed by atoms with Gasteiger partial charge in [0.05, 0.1) is 0 Å². The van der Waals surface area contributed by atoms with Gasteiger partial charge in [0.15, 0.2) is 0 Å². The van der Waals surface area contributed by atoms with E-state index < -0.39 is 0 Å². The molecule has 2 nitrogen and oxygen atoms in total. The molecule has 0 bridgehead atoms. The van der Waals surface area contributed by atoms with Gasteiger partial charge in [-0.1, -0.05) is 13.8 Å². The first kappa shape index (κ1) is 12.4. The van der Waals surface area contributed by atoms with Crippen LogP contribution < -0.4 is 10.6 Å². The van der Waals surface area contributed by atoms with Gasteiger partial charge in [0, 0.05) is 17.6 Å². The molecule has 0 radical (unpaired) electrons. The Morgan fingerprint density at radius 3 is 2.75 bits per heavy atom. The summed E-state index contributed by atoms with van der Waals surface area (Å²) in [4.78, 5) is 0. The van der Waals surface area contributed by atoms with Crippen molar-refractivity contribution in [3.8, 4) is 0 Å². The summed E-state index contributed by atoms with van der Waals surface area (Å²) in [7, 11) is 2.11. The van der Waals surface area contributed by atoms with Crippen molar-refractivity contribution >= 4 is 0 Å². The number of piperidine rings is 1. The molecular formula is C14H28N2. The van der Waals surface area contributed by atoms with Crippen molar-refractivity contribution < 1.29 is 0 Å². The van der Waals surface area contributed by atoms with Crippen molar-refractivity contribution in [2.75, 3.05) is 7.05 Å². The topological polar surface area (TPSA) is 24.1 Å². The fourth-order valence-electron chi connectivity index (χ4n) is 3.89. The predicted octanol–water partition coefficient (Wildman–Crippen LogP) is 2.54. The number of hydrogen-bond acceptors (Lipinski definition) is 2. The van der Waals surface area contributed by atoms with Gasteiger partial charge in [-0.2, -0.15) is 0 Å². The highest BCUT2D eigenvalue weighted by Crippen LogP contribution is 2.40. The molecule has 2 aliphatic rings. The molecule has 0 amide bonds. The molecule has 1 heterocycles. The third-order valence-corrected chi connectivity index (χ3v) is 5.13. The summed E-state index contributed by atoms with van der Waals surface area (Å²) in [6, 6.07) is 1.54. The Kier molecular flexibility index (Phi) is 3.60. The van der Waals surface area contributed by atoms with E-state index in [9.17, 15) is 0 Å². The van der Waals surface area contributed by atoms with E-state index in [0.29, 0.717) is 5.54 Å². The van der Waals surface area contributed by atoms with E-state index in [-0.39, 0.29) is 0 Å². The molecule has 5 unspecified atom stereocenters. The van der Waals surface area contributed by atoms with E-state index >= 15 is 0 Å². The fourth-order valence-corrected chi connectivity index (χ4v) is 3.89. The molecule has 0 spiro atoms. The first-order chi connectivity index (χ1) is 7.58. The Bertz CT molecular complexity index is 241. The maximum Gasteiger partial charge on any atom is 0.0156 e. The van der Waals surface area contributed by atoms with Gasteiger partial charge in [-0.3, -0.25) is 0 Å². The van der Waals surface area contributed by atoms with Gasteiger partial charge in [0.1, 0.15) is 0 Å². The van der Waals surface area contributed by atoms with Crippen LogP contribution in [0.4, 0.5) is 0 Å². The lowest BCUT2D eigenvalue weighted by Crippen LogP contribution is -2.60. The second-order valence-electron chi connectivity index (χ2n) is 6.31. The second kappa shape index (κ2) is 4.66. The smallest absolute Gasteiger partial charge is 0.0156 e. The van der Waals surface area contributed by atoms with Gasteiger partial charge in [-0.15, -0.1) is 0 Å². The number of nitrogens with one attached hydrogen (secondary N) is 2. The lowest BCUT2D eigenvalue weighted by atomic mass is 9.67. The normalized spacial score (nSPS) is 48.8. The molecule has 2 heteroatoms. The minimum atomic E-state index is 0.396. The van der Waals surface area contributed by atoms with E-state index in [1.54, 1.807) is 0 Å². The van der Waals surface area contributed by atoms with E-state index in [4.69, 9.17) is 0 Å². The van der Waals surface area contributed by atoms with Crippen LogP contribution in [-0.2, 0) is 0 Å². The van der Waals surface area contributed by atoms with Gasteiger partial charge in [0.25, 0.3) is 0 Å². The van der Waals surface area contributed by atoms with Crippen molar-refractivity contribution in [2.24, 2.45) is 11.8 Å². The molecule has 0 aromatic carbocycles. The first-order valence-electron chi connectivity index (χ1n) is 7.03. The zero-order valence-corrected chi connectivity index (χ0v) is 11.3. The molecule has 0 aromatic heterocycles. The highest BCUT2D eigenvalue weighted by Gasteiger charge is 2.42. The molecule has 2 N–H and O–H groups in total. The molecular weight excluding hydrogens is 196 g/mol. The van der Waals surface area contributed by atoms with Crippen LogP contribution in [-0.4, -0.2) is 24.7 Å². The summed E-state index contributed by atoms with van der Waals surface area (Å²) in [5.41, 5.74) is 0.396. The molecule has 1 aliphatic heterocycles. The van der Waals surface area contributed by atoms with Crippen molar-refractivity contribution in [2.45, 2.75) is 70.5 Å². The number of fused-ring (bicyclic) bond motifs is 1. The monoisotopic (exact) mass is 224 g/mol. The minimum Gasteiger partial charge on any atom is -0.317 e. The number of hydrogen-bond donors (Lipinski definition) is 2. The van der Waals surface area contributed by atoms with Crippen molar-refractivity contribution in [1.29, 1.82) is 0 Å². The van der Waals surface area contributed by atoms with E-state index in [1.165, 1.54) is 32.1 Å². The fraction of sp³-hybridized carbons (Fsp3) is 1.00. The third-order valence-electron chi connectivity index (χ3n) is 5.13. The van der Waals surface area contributed by atoms with Crippen LogP contribution in [0.5, 0.6) is 0 Å². The van der Waals surface area contributed by atoms with Gasteiger partial charge < -0.3 is 10.6 Å². The molecule has 1 saturated heterocycles. The van der Waals surface area contributed by atoms with Gasteiger partial charge >= 0.3 is 0 Å². The second-order valence-corrected chi connectivity index (χ2v) is 6.31. The molecule has 2 fully saturated rings. The minimum absolute atomic E-state index is 0.396. The van der Waals surface area contributed by atoms with Crippen molar-refractivity contribution in [3.05, 3.63) is 0 Å². The van der Waals surface area contributed by atoms with Crippen molar-refractivity contribution in [3.63, 3.8) is 0 Å². The Morgan fingerprint density at radius 2 is 2.12 bits per heavy atom. The van der Waals surface area contributed by atoms with Crippen LogP contribution in [0.2, 0.25) is 0 Å². The summed E-state index contributed by atoms with van der Waals surface area (Å²) >= 11 is 0. The third kappa shape index (κ3) is 2.28. The van der Waals surface area contributed by atoms with Crippen LogP contribution in [0.25, 0.3) is 0 Å². The predicted molar refractivity (Wildman–Crippen MR) is 69.6 cm³/mol. The van der Waals surface area contributed by atoms with Crippen LogP contribution in [0.15, 0.2) is 0 Å². The molecule has 94 valence electrons. The van der Waals surface area contributed by atoms with E-state index in [0.717, 1.165) is 23.9 Å². The molecule has 1 saturated carbocycles. The van der Waals surface area contributed by atoms with Crippen molar-refractivity contribution in [1.82, 2.24) is 10.6 Å². The Labute approximate surface area is 101 Å². The maximum atomic E-state index is 3.93. The Hall–Kier alpha value is -0.0800. The highest BCUT2D eigenvalue weighted by atomic mass is 15.0. The first-order valence-corrected chi connectivity index (χ1v) is 7.03. The van der Waals surface area contributed by atoms with Crippen LogP contribution in [0.3, 0.4) is 0 Å². The molecule has 2 rings (SSSR count). The summed E-state index contributed by atoms with van der Waals surface area (Å²) in [5, 5.41) is 7.39. The zero-order valence-electron chi connectivity index (χ0n) is 11.3. The average Bonchev–Trinajstić information content (AvgIpc) is 2.28. The molecule has 16 heavy (non-hydrogen) atoms. The SMILES string of the molecule is CCC1(C)CC(C)C2CC(NC)CCC2N1. The van der Waals surface area contributed by atoms with E-state index in [1.807, 2.05) is 0 Å². The zero-order chi connectivity index (χ0) is 11.8. The Balaban J connectivity index is 2.04. The highest BCUT2D eigenvalue weighted by molar-refractivity contribution is 5.00. The van der Waals surface area contributed by atoms with E-state index in [2.05, 4.69) is 38.5 Å². The summed E-state index contributed by atoms with van der Waals surface area (Å²) in [5.74, 6) is 1.78. The Morgan fingerprint density at radius 1 is 1.38 bits per heavy atom. The van der Waals surface area contributed by atoms with Crippen LogP contribution in [0, 0.1) is 11.8 Å². The van der Waals surface area contributed by atoms with Gasteiger partial charge in [-0.25, -0.2) is 0 Å². The number of rotatable bonds is 2. The largest absolute Gasteiger partial charge is 0.317 e. The summed E-state index contributed by atoms with van der Waals surface area (Å²) < 4.78 is 0. The molecule has 0 aromatic rings. The van der Waals surface area contributed by atoms with Gasteiger partial charge in [0.2, 0.25) is 0 Å². The van der Waals surface area contributed by atoms with Gasteiger partial charge in [-0.05, 0) is 57.9 Å². The lowest BCUT2D eigenvalue weighted by molar-refractivity contribution is 0.0617. The molecule has 1 aliphatic carbocycles. The molecule has 5 atom stereocenters. The quantitative estimate of drug-likeness (QED) is 0.753. The summed E-state index contributed by atoms with van der Waals surface area (Å²) in [6.07, 6.45) is 6.68. The average molecular weight is 224 g/mol. The van der Waals surface area contributed by atoms with Crippen LogP contribution >= 0.6 is 0 Å². The van der Waals surface area contributed by atoms with Crippen LogP contribution in [0.1, 0.15) is 52.9 Å². The summed E-state index contributed by atoms with van der Waals surface area (Å²) in [6.45, 7) is 7.19. The standard InChI is InChI=1S/C14H28N2/c1-5-14(3)9-10(2)12-8-11(15-4)6-7-13(12)16-14/h10-13,15-16H,5-9H2,1-4H3.